The second-order valence-corrected chi connectivity index (χ2v) is 12.8. The third-order valence-electron chi connectivity index (χ3n) is 5.50. The maximum absolute atomic E-state index is 13.1. The number of benzene rings is 2. The van der Waals surface area contributed by atoms with Gasteiger partial charge in [-0.1, -0.05) is 69.3 Å². The lowest BCUT2D eigenvalue weighted by Gasteiger charge is -2.51. The minimum Gasteiger partial charge on any atom is -0.478 e. The molecule has 0 saturated heterocycles. The number of alkyl carbamates (subject to hydrolysis) is 1. The Labute approximate surface area is 205 Å². The molecule has 0 fully saturated rings. The summed E-state index contributed by atoms with van der Waals surface area (Å²) in [7, 11) is -1.35. The van der Waals surface area contributed by atoms with Crippen LogP contribution in [0, 0.1) is 5.41 Å². The van der Waals surface area contributed by atoms with Gasteiger partial charge in [0.1, 0.15) is 11.2 Å². The SMILES string of the molecule is C[Si](C)OC(c1ccccc1C(=O)O)(C(Cc1ccccc1)NC(=O)OC(C)(C)C)C(C)(C)C. The van der Waals surface area contributed by atoms with Gasteiger partial charge in [-0.2, -0.15) is 0 Å². The monoisotopic (exact) mass is 484 g/mol. The van der Waals surface area contributed by atoms with Crippen molar-refractivity contribution in [2.75, 3.05) is 0 Å². The normalized spacial score (nSPS) is 14.9. The molecule has 2 atom stereocenters. The molecule has 2 aromatic rings. The highest BCUT2D eigenvalue weighted by molar-refractivity contribution is 6.48. The highest BCUT2D eigenvalue weighted by Gasteiger charge is 2.53. The van der Waals surface area contributed by atoms with E-state index in [1.54, 1.807) is 18.2 Å². The smallest absolute Gasteiger partial charge is 0.407 e. The lowest BCUT2D eigenvalue weighted by atomic mass is 9.65. The third kappa shape index (κ3) is 6.70. The van der Waals surface area contributed by atoms with Gasteiger partial charge in [-0.25, -0.2) is 9.59 Å². The van der Waals surface area contributed by atoms with Gasteiger partial charge in [0.2, 0.25) is 9.04 Å². The largest absolute Gasteiger partial charge is 0.478 e. The average molecular weight is 485 g/mol. The summed E-state index contributed by atoms with van der Waals surface area (Å²) in [6, 6.07) is 16.1. The summed E-state index contributed by atoms with van der Waals surface area (Å²) in [5.41, 5.74) is -0.727. The molecule has 0 aliphatic rings. The van der Waals surface area contributed by atoms with E-state index in [4.69, 9.17) is 9.16 Å². The quantitative estimate of drug-likeness (QED) is 0.447. The summed E-state index contributed by atoms with van der Waals surface area (Å²) in [6.07, 6.45) is -0.139. The molecule has 0 spiro atoms. The van der Waals surface area contributed by atoms with Gasteiger partial charge in [0.25, 0.3) is 0 Å². The maximum atomic E-state index is 13.1. The van der Waals surface area contributed by atoms with Crippen molar-refractivity contribution in [3.8, 4) is 0 Å². The van der Waals surface area contributed by atoms with E-state index in [1.165, 1.54) is 0 Å². The molecule has 2 rings (SSSR count). The Balaban J connectivity index is 2.81. The fourth-order valence-corrected chi connectivity index (χ4v) is 5.51. The predicted octanol–water partition coefficient (Wildman–Crippen LogP) is 6.03. The third-order valence-corrected chi connectivity index (χ3v) is 6.23. The van der Waals surface area contributed by atoms with Crippen molar-refractivity contribution in [3.63, 3.8) is 0 Å². The Bertz CT molecular complexity index is 979. The molecule has 2 N–H and O–H groups in total. The molecule has 0 saturated carbocycles. The van der Waals surface area contributed by atoms with Crippen molar-refractivity contribution in [3.05, 3.63) is 71.3 Å². The first kappa shape index (κ1) is 27.6. The molecule has 2 aromatic carbocycles. The van der Waals surface area contributed by atoms with E-state index < -0.39 is 43.8 Å². The van der Waals surface area contributed by atoms with E-state index in [0.717, 1.165) is 5.56 Å². The summed E-state index contributed by atoms with van der Waals surface area (Å²) in [5.74, 6) is -1.04. The van der Waals surface area contributed by atoms with Gasteiger partial charge >= 0.3 is 12.1 Å². The topological polar surface area (TPSA) is 84.9 Å². The minimum atomic E-state index is -1.35. The molecule has 0 bridgehead atoms. The zero-order chi connectivity index (χ0) is 25.7. The van der Waals surface area contributed by atoms with Crippen molar-refractivity contribution in [2.24, 2.45) is 5.41 Å². The summed E-state index contributed by atoms with van der Waals surface area (Å²) >= 11 is 0. The fourth-order valence-electron chi connectivity index (χ4n) is 4.31. The van der Waals surface area contributed by atoms with Crippen LogP contribution in [0.3, 0.4) is 0 Å². The Kier molecular flexibility index (Phi) is 8.72. The van der Waals surface area contributed by atoms with Crippen LogP contribution in [0.5, 0.6) is 0 Å². The first-order chi connectivity index (χ1) is 15.7. The number of carbonyl (C=O) groups is 2. The van der Waals surface area contributed by atoms with Crippen LogP contribution in [-0.4, -0.2) is 37.9 Å². The van der Waals surface area contributed by atoms with Gasteiger partial charge in [0.15, 0.2) is 0 Å². The first-order valence-corrected chi connectivity index (χ1v) is 13.9. The maximum Gasteiger partial charge on any atom is 0.407 e. The van der Waals surface area contributed by atoms with Gasteiger partial charge in [-0.05, 0) is 62.9 Å². The minimum absolute atomic E-state index is 0.157. The summed E-state index contributed by atoms with van der Waals surface area (Å²) in [6.45, 7) is 15.5. The summed E-state index contributed by atoms with van der Waals surface area (Å²) < 4.78 is 12.4. The van der Waals surface area contributed by atoms with Gasteiger partial charge in [0, 0.05) is 0 Å². The van der Waals surface area contributed by atoms with Crippen LogP contribution in [0.15, 0.2) is 54.6 Å². The van der Waals surface area contributed by atoms with E-state index in [0.29, 0.717) is 12.0 Å². The zero-order valence-corrected chi connectivity index (χ0v) is 22.6. The molecule has 185 valence electrons. The van der Waals surface area contributed by atoms with Crippen molar-refractivity contribution >= 4 is 21.1 Å². The number of carboxylic acid groups (broad SMARTS) is 1. The van der Waals surface area contributed by atoms with Gasteiger partial charge in [-0.3, -0.25) is 0 Å². The lowest BCUT2D eigenvalue weighted by Crippen LogP contribution is -2.61. The summed E-state index contributed by atoms with van der Waals surface area (Å²) in [4.78, 5) is 25.4. The van der Waals surface area contributed by atoms with Gasteiger partial charge < -0.3 is 19.6 Å². The standard InChI is InChI=1S/C27H38NO5Si/c1-25(2,3)27(33-34(7)8,21-17-13-12-16-20(21)23(29)30)22(18-19-14-10-9-11-15-19)28-24(31)32-26(4,5)6/h9-17,22H,18H2,1-8H3,(H,28,31)(H,29,30). The molecule has 34 heavy (non-hydrogen) atoms. The molecule has 0 heterocycles. The van der Waals surface area contributed by atoms with Crippen LogP contribution in [-0.2, 0) is 21.2 Å². The number of ether oxygens (including phenoxy) is 1. The molecular formula is C27H38NO5Si. The number of nitrogens with one attached hydrogen (secondary N) is 1. The molecule has 2 unspecified atom stereocenters. The van der Waals surface area contributed by atoms with Crippen LogP contribution in [0.25, 0.3) is 0 Å². The zero-order valence-electron chi connectivity index (χ0n) is 21.6. The van der Waals surface area contributed by atoms with Crippen LogP contribution < -0.4 is 5.32 Å². The van der Waals surface area contributed by atoms with E-state index in [1.807, 2.05) is 91.0 Å². The highest BCUT2D eigenvalue weighted by atomic mass is 28.3. The highest BCUT2D eigenvalue weighted by Crippen LogP contribution is 2.48. The van der Waals surface area contributed by atoms with Crippen LogP contribution in [0.1, 0.15) is 63.0 Å². The molecule has 6 nitrogen and oxygen atoms in total. The van der Waals surface area contributed by atoms with Crippen LogP contribution in [0.4, 0.5) is 4.79 Å². The second kappa shape index (κ2) is 10.7. The predicted molar refractivity (Wildman–Crippen MR) is 136 cm³/mol. The van der Waals surface area contributed by atoms with Crippen molar-refractivity contribution in [1.82, 2.24) is 5.32 Å². The van der Waals surface area contributed by atoms with Gasteiger partial charge in [-0.15, -0.1) is 0 Å². The number of amides is 1. The number of hydrogen-bond donors (Lipinski definition) is 2. The number of carbonyl (C=O) groups excluding carboxylic acids is 1. The Morgan fingerprint density at radius 2 is 1.50 bits per heavy atom. The van der Waals surface area contributed by atoms with E-state index >= 15 is 0 Å². The molecular weight excluding hydrogens is 446 g/mol. The number of hydrogen-bond acceptors (Lipinski definition) is 4. The molecule has 1 radical (unpaired) electrons. The van der Waals surface area contributed by atoms with Crippen molar-refractivity contribution < 1.29 is 23.9 Å². The van der Waals surface area contributed by atoms with Crippen LogP contribution >= 0.6 is 0 Å². The Morgan fingerprint density at radius 1 is 0.941 bits per heavy atom. The summed E-state index contributed by atoms with van der Waals surface area (Å²) in [5, 5.41) is 13.2. The average Bonchev–Trinajstić information content (AvgIpc) is 2.70. The second-order valence-electron chi connectivity index (χ2n) is 10.7. The van der Waals surface area contributed by atoms with Crippen molar-refractivity contribution in [2.45, 2.75) is 78.3 Å². The lowest BCUT2D eigenvalue weighted by molar-refractivity contribution is -0.0744. The number of rotatable bonds is 8. The van der Waals surface area contributed by atoms with E-state index in [9.17, 15) is 14.7 Å². The molecule has 1 amide bonds. The number of carboxylic acids is 1. The van der Waals surface area contributed by atoms with Gasteiger partial charge in [0.05, 0.1) is 11.6 Å². The Hall–Kier alpha value is -2.64. The van der Waals surface area contributed by atoms with Crippen LogP contribution in [0.2, 0.25) is 13.1 Å². The number of aromatic carboxylic acids is 1. The Morgan fingerprint density at radius 3 is 2.00 bits per heavy atom. The van der Waals surface area contributed by atoms with Crippen molar-refractivity contribution in [1.29, 1.82) is 0 Å². The fraction of sp³-hybridized carbons (Fsp3) is 0.481. The van der Waals surface area contributed by atoms with E-state index in [-0.39, 0.29) is 5.56 Å². The molecule has 0 aromatic heterocycles. The first-order valence-electron chi connectivity index (χ1n) is 11.5. The molecule has 7 heteroatoms. The molecule has 0 aliphatic heterocycles. The van der Waals surface area contributed by atoms with E-state index in [2.05, 4.69) is 5.32 Å². The molecule has 0 aliphatic carbocycles.